The van der Waals surface area contributed by atoms with Gasteiger partial charge in [-0.25, -0.2) is 5.43 Å². The minimum absolute atomic E-state index is 0.107. The van der Waals surface area contributed by atoms with Gasteiger partial charge in [0.05, 0.1) is 13.4 Å². The molecule has 1 amide bonds. The number of aryl methyl sites for hydroxylation is 2. The van der Waals surface area contributed by atoms with Crippen LogP contribution in [-0.2, 0) is 4.79 Å². The number of amides is 1. The lowest BCUT2D eigenvalue weighted by atomic mass is 10.1. The van der Waals surface area contributed by atoms with Gasteiger partial charge in [-0.05, 0) is 100.0 Å². The number of hydrogen-bond acceptors (Lipinski definition) is 4. The summed E-state index contributed by atoms with van der Waals surface area (Å²) in [5, 5.41) is 13.6. The number of phenolic OH excluding ortho intramolecular Hbond substituents is 1. The molecule has 0 aliphatic rings. The van der Waals surface area contributed by atoms with Crippen LogP contribution in [-0.4, -0.2) is 23.8 Å². The Kier molecular flexibility index (Phi) is 6.84. The molecule has 24 heavy (non-hydrogen) atoms. The molecule has 0 radical (unpaired) electrons. The highest BCUT2D eigenvalue weighted by Crippen LogP contribution is 2.26. The molecular formula is C17H16I2N2O3. The predicted octanol–water partition coefficient (Wildman–Crippen LogP) is 3.75. The Labute approximate surface area is 167 Å². The van der Waals surface area contributed by atoms with Crippen molar-refractivity contribution in [3.05, 3.63) is 54.2 Å². The number of phenols is 1. The van der Waals surface area contributed by atoms with Crippen molar-refractivity contribution in [2.24, 2.45) is 5.10 Å². The van der Waals surface area contributed by atoms with E-state index in [-0.39, 0.29) is 18.3 Å². The molecule has 126 valence electrons. The molecule has 5 nitrogen and oxygen atoms in total. The molecule has 2 aromatic carbocycles. The van der Waals surface area contributed by atoms with Crippen LogP contribution in [0.2, 0.25) is 0 Å². The fourth-order valence-corrected chi connectivity index (χ4v) is 3.64. The smallest absolute Gasteiger partial charge is 0.277 e. The number of ether oxygens (including phenoxy) is 1. The normalized spacial score (nSPS) is 10.8. The zero-order chi connectivity index (χ0) is 17.7. The highest BCUT2D eigenvalue weighted by Gasteiger charge is 2.05. The molecule has 0 unspecified atom stereocenters. The molecule has 7 heteroatoms. The van der Waals surface area contributed by atoms with Gasteiger partial charge < -0.3 is 9.84 Å². The quantitative estimate of drug-likeness (QED) is 0.339. The highest BCUT2D eigenvalue weighted by molar-refractivity contribution is 14.1. The van der Waals surface area contributed by atoms with Crippen molar-refractivity contribution in [2.45, 2.75) is 13.8 Å². The maximum atomic E-state index is 11.8. The maximum Gasteiger partial charge on any atom is 0.277 e. The number of nitrogens with zero attached hydrogens (tertiary/aromatic N) is 1. The van der Waals surface area contributed by atoms with Gasteiger partial charge in [0.1, 0.15) is 11.5 Å². The highest BCUT2D eigenvalue weighted by atomic mass is 127. The van der Waals surface area contributed by atoms with Gasteiger partial charge in [0.15, 0.2) is 6.61 Å². The molecule has 2 rings (SSSR count). The van der Waals surface area contributed by atoms with Crippen molar-refractivity contribution in [2.75, 3.05) is 6.61 Å². The van der Waals surface area contributed by atoms with Crippen LogP contribution in [0.15, 0.2) is 35.4 Å². The minimum atomic E-state index is -0.340. The first-order chi connectivity index (χ1) is 11.4. The molecular weight excluding hydrogens is 534 g/mol. The first-order valence-corrected chi connectivity index (χ1v) is 9.22. The predicted molar refractivity (Wildman–Crippen MR) is 111 cm³/mol. The molecule has 0 saturated heterocycles. The topological polar surface area (TPSA) is 70.9 Å². The van der Waals surface area contributed by atoms with Crippen molar-refractivity contribution in [1.82, 2.24) is 5.43 Å². The Morgan fingerprint density at radius 1 is 1.21 bits per heavy atom. The van der Waals surface area contributed by atoms with Crippen LogP contribution in [0, 0.1) is 21.0 Å². The first-order valence-electron chi connectivity index (χ1n) is 7.07. The number of rotatable bonds is 5. The van der Waals surface area contributed by atoms with Gasteiger partial charge in [-0.3, -0.25) is 4.79 Å². The lowest BCUT2D eigenvalue weighted by Gasteiger charge is -2.07. The zero-order valence-corrected chi connectivity index (χ0v) is 17.5. The van der Waals surface area contributed by atoms with E-state index in [0.29, 0.717) is 5.75 Å². The van der Waals surface area contributed by atoms with Crippen LogP contribution in [0.5, 0.6) is 11.5 Å². The van der Waals surface area contributed by atoms with E-state index < -0.39 is 0 Å². The van der Waals surface area contributed by atoms with Crippen molar-refractivity contribution in [3.8, 4) is 11.5 Å². The first kappa shape index (κ1) is 19.0. The van der Waals surface area contributed by atoms with Crippen molar-refractivity contribution >= 4 is 57.3 Å². The number of hydrogen-bond donors (Lipinski definition) is 2. The van der Waals surface area contributed by atoms with Crippen molar-refractivity contribution in [1.29, 1.82) is 0 Å². The maximum absolute atomic E-state index is 11.8. The molecule has 0 atom stereocenters. The third kappa shape index (κ3) is 5.33. The summed E-state index contributed by atoms with van der Waals surface area (Å²) in [7, 11) is 0. The van der Waals surface area contributed by atoms with Gasteiger partial charge in [-0.15, -0.1) is 0 Å². The summed E-state index contributed by atoms with van der Waals surface area (Å²) >= 11 is 4.08. The molecule has 0 fully saturated rings. The van der Waals surface area contributed by atoms with Crippen molar-refractivity contribution in [3.63, 3.8) is 0 Å². The standard InChI is InChI=1S/C17H16I2N2O3/c1-10-3-4-13(5-11(10)2)24-9-16(22)21-20-8-12-6-14(18)17(23)15(19)7-12/h3-8,23H,9H2,1-2H3,(H,21,22). The van der Waals surface area contributed by atoms with E-state index in [1.807, 2.05) is 77.2 Å². The van der Waals surface area contributed by atoms with Gasteiger partial charge >= 0.3 is 0 Å². The fraction of sp³-hybridized carbons (Fsp3) is 0.176. The van der Waals surface area contributed by atoms with Gasteiger partial charge in [-0.2, -0.15) is 5.10 Å². The number of hydrazone groups is 1. The van der Waals surface area contributed by atoms with Crippen LogP contribution in [0.1, 0.15) is 16.7 Å². The van der Waals surface area contributed by atoms with E-state index in [4.69, 9.17) is 4.74 Å². The van der Waals surface area contributed by atoms with Crippen LogP contribution < -0.4 is 10.2 Å². The minimum Gasteiger partial charge on any atom is -0.506 e. The van der Waals surface area contributed by atoms with E-state index in [1.165, 1.54) is 11.8 Å². The summed E-state index contributed by atoms with van der Waals surface area (Å²) in [5.74, 6) is 0.562. The lowest BCUT2D eigenvalue weighted by Crippen LogP contribution is -2.24. The van der Waals surface area contributed by atoms with Gasteiger partial charge in [0, 0.05) is 0 Å². The number of carbonyl (C=O) groups is 1. The van der Waals surface area contributed by atoms with Crippen LogP contribution in [0.25, 0.3) is 0 Å². The molecule has 0 bridgehead atoms. The Balaban J connectivity index is 1.87. The largest absolute Gasteiger partial charge is 0.506 e. The van der Waals surface area contributed by atoms with E-state index in [2.05, 4.69) is 10.5 Å². The molecule has 2 aromatic rings. The summed E-state index contributed by atoms with van der Waals surface area (Å²) in [6.07, 6.45) is 1.53. The van der Waals surface area contributed by atoms with Crippen LogP contribution in [0.4, 0.5) is 0 Å². The SMILES string of the molecule is Cc1ccc(OCC(=O)NN=Cc2cc(I)c(O)c(I)c2)cc1C. The molecule has 0 aliphatic carbocycles. The van der Waals surface area contributed by atoms with E-state index >= 15 is 0 Å². The number of benzene rings is 2. The zero-order valence-electron chi connectivity index (χ0n) is 13.1. The van der Waals surface area contributed by atoms with E-state index in [9.17, 15) is 9.90 Å². The monoisotopic (exact) mass is 550 g/mol. The second-order valence-corrected chi connectivity index (χ2v) is 7.49. The third-order valence-corrected chi connectivity index (χ3v) is 4.94. The molecule has 0 aliphatic heterocycles. The summed E-state index contributed by atoms with van der Waals surface area (Å²) in [4.78, 5) is 11.8. The third-order valence-electron chi connectivity index (χ3n) is 3.29. The molecule has 0 saturated carbocycles. The van der Waals surface area contributed by atoms with Gasteiger partial charge in [-0.1, -0.05) is 6.07 Å². The summed E-state index contributed by atoms with van der Waals surface area (Å²) in [6.45, 7) is 3.91. The fourth-order valence-electron chi connectivity index (χ4n) is 1.82. The Morgan fingerprint density at radius 2 is 1.88 bits per heavy atom. The number of halogens is 2. The summed E-state index contributed by atoms with van der Waals surface area (Å²) < 4.78 is 6.89. The van der Waals surface area contributed by atoms with Crippen LogP contribution in [0.3, 0.4) is 0 Å². The number of carbonyl (C=O) groups excluding carboxylic acids is 1. The molecule has 0 heterocycles. The molecule has 0 spiro atoms. The number of aromatic hydroxyl groups is 1. The van der Waals surface area contributed by atoms with Crippen molar-refractivity contribution < 1.29 is 14.6 Å². The van der Waals surface area contributed by atoms with E-state index in [1.54, 1.807) is 12.1 Å². The summed E-state index contributed by atoms with van der Waals surface area (Å²) in [6, 6.07) is 9.23. The second kappa shape index (κ2) is 8.65. The molecule has 2 N–H and O–H groups in total. The average Bonchev–Trinajstić information content (AvgIpc) is 2.53. The Bertz CT molecular complexity index is 768. The Hall–Kier alpha value is -1.36. The summed E-state index contributed by atoms with van der Waals surface area (Å²) in [5.41, 5.74) is 5.50. The molecule has 0 aromatic heterocycles. The lowest BCUT2D eigenvalue weighted by molar-refractivity contribution is -0.123. The van der Waals surface area contributed by atoms with Gasteiger partial charge in [0.2, 0.25) is 0 Å². The average molecular weight is 550 g/mol. The van der Waals surface area contributed by atoms with E-state index in [0.717, 1.165) is 18.3 Å². The van der Waals surface area contributed by atoms with Crippen LogP contribution >= 0.6 is 45.2 Å². The number of nitrogens with one attached hydrogen (secondary N) is 1. The van der Waals surface area contributed by atoms with Gasteiger partial charge in [0.25, 0.3) is 5.91 Å². The second-order valence-electron chi connectivity index (χ2n) is 5.16. The Morgan fingerprint density at radius 3 is 2.50 bits per heavy atom.